The van der Waals surface area contributed by atoms with Crippen LogP contribution in [0.2, 0.25) is 10.0 Å². The molecule has 0 N–H and O–H groups in total. The summed E-state index contributed by atoms with van der Waals surface area (Å²) in [6, 6.07) is 25.9. The van der Waals surface area contributed by atoms with Crippen molar-refractivity contribution in [2.45, 2.75) is 155 Å². The molecular formula is C54H62Cl2N4O2. The maximum absolute atomic E-state index is 7.24. The fourth-order valence-corrected chi connectivity index (χ4v) is 10.4. The van der Waals surface area contributed by atoms with Crippen molar-refractivity contribution in [1.82, 2.24) is 9.13 Å². The minimum Gasteiger partial charge on any atom is -0.451 e. The number of aromatic nitrogens is 2. The van der Waals surface area contributed by atoms with Crippen LogP contribution in [0.25, 0.3) is 43.6 Å². The van der Waals surface area contributed by atoms with Gasteiger partial charge in [-0.2, -0.15) is 0 Å². The molecule has 5 aromatic carbocycles. The molecule has 0 bridgehead atoms. The number of benzene rings is 5. The lowest BCUT2D eigenvalue weighted by Gasteiger charge is -2.21. The monoisotopic (exact) mass is 868 g/mol. The number of hydrogen-bond donors (Lipinski definition) is 0. The van der Waals surface area contributed by atoms with Crippen molar-refractivity contribution < 1.29 is 9.47 Å². The number of ether oxygens (including phenoxy) is 2. The maximum atomic E-state index is 7.24. The number of rotatable bonds is 22. The standard InChI is InChI=1S/C54H62Cl2N4O2/c1-3-5-7-9-11-13-15-17-19-25-31-59-43-29-23-21-27-37(43)39-33-41-47(35-45(39)59)61-53-49(55)52-54(50(56)51(53)57-41)62-48-36-46-40(34-42(48)58-52)38-28-22-24-30-44(38)60(46)32-26-20-18-16-14-12-10-8-6-4-2/h21-24,27-30,33-36H,3-20,25-26,31-32H2,1-2H3. The molecule has 7 aromatic rings. The van der Waals surface area contributed by atoms with Gasteiger partial charge in [-0.05, 0) is 37.1 Å². The molecule has 62 heavy (non-hydrogen) atoms. The zero-order valence-electron chi connectivity index (χ0n) is 36.8. The summed E-state index contributed by atoms with van der Waals surface area (Å²) in [5.41, 5.74) is 6.17. The quantitative estimate of drug-likeness (QED) is 0.0637. The highest BCUT2D eigenvalue weighted by Gasteiger charge is 2.29. The molecule has 0 saturated heterocycles. The SMILES string of the molecule is CCCCCCCCCCCCn1c2ccccc2c2cc3c(cc21)Oc1c(Cl)c2c(c(Cl)c1=N3)Oc1cc3c(cc1N=2)c1ccccc1n3CCCCCCCCCCCC. The highest BCUT2D eigenvalue weighted by molar-refractivity contribution is 6.35. The first-order chi connectivity index (χ1) is 30.6. The largest absolute Gasteiger partial charge is 0.451 e. The Morgan fingerprint density at radius 2 is 0.774 bits per heavy atom. The van der Waals surface area contributed by atoms with Crippen LogP contribution in [0.15, 0.2) is 82.8 Å². The van der Waals surface area contributed by atoms with Crippen molar-refractivity contribution in [2.75, 3.05) is 0 Å². The first-order valence-electron chi connectivity index (χ1n) is 24.0. The topological polar surface area (TPSA) is 53.0 Å². The van der Waals surface area contributed by atoms with Gasteiger partial charge in [0.15, 0.2) is 23.0 Å². The highest BCUT2D eigenvalue weighted by Crippen LogP contribution is 2.47. The van der Waals surface area contributed by atoms with Gasteiger partial charge in [0, 0.05) is 57.8 Å². The summed E-state index contributed by atoms with van der Waals surface area (Å²) in [6.07, 6.45) is 26.3. The summed E-state index contributed by atoms with van der Waals surface area (Å²) < 4.78 is 18.3. The number of para-hydroxylation sites is 2. The van der Waals surface area contributed by atoms with Crippen LogP contribution >= 0.6 is 23.2 Å². The Morgan fingerprint density at radius 3 is 1.16 bits per heavy atom. The lowest BCUT2D eigenvalue weighted by atomic mass is 10.1. The van der Waals surface area contributed by atoms with Gasteiger partial charge in [0.2, 0.25) is 0 Å². The van der Waals surface area contributed by atoms with Crippen molar-refractivity contribution in [3.8, 4) is 23.0 Å². The number of hydrogen-bond acceptors (Lipinski definition) is 4. The number of fused-ring (bicyclic) bond motifs is 10. The van der Waals surface area contributed by atoms with Crippen LogP contribution in [-0.4, -0.2) is 9.13 Å². The van der Waals surface area contributed by atoms with E-state index in [1.165, 1.54) is 137 Å². The maximum Gasteiger partial charge on any atom is 0.175 e. The molecule has 0 atom stereocenters. The summed E-state index contributed by atoms with van der Waals surface area (Å²) in [5.74, 6) is 2.13. The van der Waals surface area contributed by atoms with Crippen LogP contribution < -0.4 is 20.2 Å². The van der Waals surface area contributed by atoms with E-state index in [1.54, 1.807) is 0 Å². The average Bonchev–Trinajstić information content (AvgIpc) is 3.77. The van der Waals surface area contributed by atoms with E-state index < -0.39 is 0 Å². The van der Waals surface area contributed by atoms with Gasteiger partial charge >= 0.3 is 0 Å². The van der Waals surface area contributed by atoms with Gasteiger partial charge in [-0.3, -0.25) is 0 Å². The van der Waals surface area contributed by atoms with Crippen molar-refractivity contribution >= 4 is 78.2 Å². The van der Waals surface area contributed by atoms with E-state index in [1.807, 2.05) is 0 Å². The molecule has 4 heterocycles. The van der Waals surface area contributed by atoms with E-state index in [-0.39, 0.29) is 0 Å². The molecule has 2 aliphatic rings. The normalized spacial score (nSPS) is 12.8. The Bertz CT molecular complexity index is 2640. The van der Waals surface area contributed by atoms with Gasteiger partial charge in [0.25, 0.3) is 0 Å². The predicted molar refractivity (Wildman–Crippen MR) is 261 cm³/mol. The van der Waals surface area contributed by atoms with Crippen LogP contribution in [0.5, 0.6) is 23.0 Å². The molecule has 0 aliphatic carbocycles. The molecule has 0 saturated carbocycles. The average molecular weight is 870 g/mol. The Labute approximate surface area is 376 Å². The van der Waals surface area contributed by atoms with Crippen molar-refractivity contribution in [2.24, 2.45) is 9.98 Å². The van der Waals surface area contributed by atoms with Crippen molar-refractivity contribution in [1.29, 1.82) is 0 Å². The number of aryl methyl sites for hydroxylation is 2. The Morgan fingerprint density at radius 1 is 0.419 bits per heavy atom. The summed E-state index contributed by atoms with van der Waals surface area (Å²) in [4.78, 5) is 10.2. The van der Waals surface area contributed by atoms with Gasteiger partial charge < -0.3 is 18.6 Å². The van der Waals surface area contributed by atoms with E-state index in [0.29, 0.717) is 43.8 Å². The first kappa shape index (κ1) is 42.8. The van der Waals surface area contributed by atoms with Gasteiger partial charge in [-0.1, -0.05) is 189 Å². The van der Waals surface area contributed by atoms with E-state index in [4.69, 9.17) is 42.7 Å². The minimum absolute atomic E-state index is 0.342. The summed E-state index contributed by atoms with van der Waals surface area (Å²) in [5, 5.41) is 6.34. The Hall–Kier alpha value is -4.52. The van der Waals surface area contributed by atoms with E-state index >= 15 is 0 Å². The third-order valence-electron chi connectivity index (χ3n) is 13.3. The van der Waals surface area contributed by atoms with Crippen LogP contribution in [0, 0.1) is 0 Å². The fraction of sp³-hybridized carbons (Fsp3) is 0.444. The van der Waals surface area contributed by atoms with Gasteiger partial charge in [0.05, 0.1) is 11.0 Å². The predicted octanol–water partition coefficient (Wildman–Crippen LogP) is 17.2. The van der Waals surface area contributed by atoms with Gasteiger partial charge in [-0.15, -0.1) is 0 Å². The van der Waals surface area contributed by atoms with Gasteiger partial charge in [0.1, 0.15) is 32.1 Å². The third kappa shape index (κ3) is 8.71. The zero-order chi connectivity index (χ0) is 42.4. The fourth-order valence-electron chi connectivity index (χ4n) is 9.93. The van der Waals surface area contributed by atoms with Gasteiger partial charge in [-0.25, -0.2) is 9.98 Å². The molecule has 324 valence electrons. The van der Waals surface area contributed by atoms with Crippen molar-refractivity contribution in [3.05, 3.63) is 93.6 Å². The van der Waals surface area contributed by atoms with E-state index in [0.717, 1.165) is 59.1 Å². The molecule has 0 radical (unpaired) electrons. The number of unbranched alkanes of at least 4 members (excludes halogenated alkanes) is 18. The van der Waals surface area contributed by atoms with Crippen LogP contribution in [0.4, 0.5) is 11.4 Å². The molecule has 8 heteroatoms. The van der Waals surface area contributed by atoms with Crippen molar-refractivity contribution in [3.63, 3.8) is 0 Å². The second kappa shape index (κ2) is 19.9. The molecule has 2 aliphatic heterocycles. The third-order valence-corrected chi connectivity index (χ3v) is 14.0. The Kier molecular flexibility index (Phi) is 13.7. The highest BCUT2D eigenvalue weighted by atomic mass is 35.5. The number of nitrogens with zero attached hydrogens (tertiary/aromatic N) is 4. The van der Waals surface area contributed by atoms with Crippen LogP contribution in [-0.2, 0) is 13.1 Å². The lowest BCUT2D eigenvalue weighted by Crippen LogP contribution is -2.22. The smallest absolute Gasteiger partial charge is 0.175 e. The molecule has 6 nitrogen and oxygen atoms in total. The molecule has 0 unspecified atom stereocenters. The molecule has 0 fully saturated rings. The second-order valence-corrected chi connectivity index (χ2v) is 18.5. The number of halogens is 2. The molecular weight excluding hydrogens is 808 g/mol. The lowest BCUT2D eigenvalue weighted by molar-refractivity contribution is 0.451. The molecule has 9 rings (SSSR count). The summed E-state index contributed by atoms with van der Waals surface area (Å²) in [7, 11) is 0. The molecule has 0 spiro atoms. The van der Waals surface area contributed by atoms with E-state index in [9.17, 15) is 0 Å². The molecule has 0 amide bonds. The first-order valence-corrected chi connectivity index (χ1v) is 24.8. The molecule has 2 aromatic heterocycles. The minimum atomic E-state index is 0.342. The second-order valence-electron chi connectivity index (χ2n) is 17.8. The summed E-state index contributed by atoms with van der Waals surface area (Å²) >= 11 is 14.5. The summed E-state index contributed by atoms with van der Waals surface area (Å²) in [6.45, 7) is 6.47. The van der Waals surface area contributed by atoms with Crippen LogP contribution in [0.3, 0.4) is 0 Å². The van der Waals surface area contributed by atoms with Crippen LogP contribution in [0.1, 0.15) is 142 Å². The van der Waals surface area contributed by atoms with E-state index in [2.05, 4.69) is 95.8 Å². The zero-order valence-corrected chi connectivity index (χ0v) is 38.4. The Balaban J connectivity index is 0.966.